The monoisotopic (exact) mass is 755 g/mol. The third-order valence-corrected chi connectivity index (χ3v) is 11.6. The van der Waals surface area contributed by atoms with Gasteiger partial charge in [-0.15, -0.1) is 0 Å². The average molecular weight is 756 g/mol. The van der Waals surface area contributed by atoms with E-state index in [0.29, 0.717) is 23.4 Å². The Kier molecular flexibility index (Phi) is 8.55. The van der Waals surface area contributed by atoms with E-state index in [1.54, 1.807) is 6.20 Å². The molecule has 0 spiro atoms. The third kappa shape index (κ3) is 6.30. The summed E-state index contributed by atoms with van der Waals surface area (Å²) in [5.41, 5.74) is 15.1. The van der Waals surface area contributed by atoms with Crippen molar-refractivity contribution in [3.8, 4) is 56.4 Å². The van der Waals surface area contributed by atoms with Crippen LogP contribution in [0.2, 0.25) is 0 Å². The number of allylic oxidation sites excluding steroid dienone is 4. The molecule has 3 heterocycles. The van der Waals surface area contributed by atoms with Crippen molar-refractivity contribution in [2.75, 3.05) is 4.90 Å². The van der Waals surface area contributed by atoms with Crippen LogP contribution in [0, 0.1) is 0 Å². The van der Waals surface area contributed by atoms with Crippen LogP contribution in [0.25, 0.3) is 72.8 Å². The van der Waals surface area contributed by atoms with Gasteiger partial charge in [0.2, 0.25) is 0 Å². The van der Waals surface area contributed by atoms with Crippen molar-refractivity contribution in [1.82, 2.24) is 19.9 Å². The fourth-order valence-corrected chi connectivity index (χ4v) is 8.71. The molecule has 7 aromatic carbocycles. The van der Waals surface area contributed by atoms with Crippen molar-refractivity contribution >= 4 is 27.7 Å². The van der Waals surface area contributed by atoms with Gasteiger partial charge < -0.3 is 4.90 Å². The zero-order valence-electron chi connectivity index (χ0n) is 32.2. The first-order valence-corrected chi connectivity index (χ1v) is 20.1. The summed E-state index contributed by atoms with van der Waals surface area (Å²) in [6.45, 7) is 0. The molecule has 2 aromatic heterocycles. The molecular formula is C54H37N5. The van der Waals surface area contributed by atoms with Crippen molar-refractivity contribution in [2.45, 2.75) is 12.3 Å². The highest BCUT2D eigenvalue weighted by Crippen LogP contribution is 2.53. The van der Waals surface area contributed by atoms with Gasteiger partial charge in [0.05, 0.1) is 0 Å². The molecule has 5 nitrogen and oxygen atoms in total. The van der Waals surface area contributed by atoms with E-state index >= 15 is 0 Å². The summed E-state index contributed by atoms with van der Waals surface area (Å²) in [4.78, 5) is 21.7. The van der Waals surface area contributed by atoms with Crippen LogP contribution in [0.3, 0.4) is 0 Å². The van der Waals surface area contributed by atoms with Crippen molar-refractivity contribution in [3.05, 3.63) is 223 Å². The molecule has 0 radical (unpaired) electrons. The maximum Gasteiger partial charge on any atom is 0.164 e. The number of hydrogen-bond acceptors (Lipinski definition) is 5. The van der Waals surface area contributed by atoms with E-state index in [1.165, 1.54) is 50.1 Å². The Morgan fingerprint density at radius 2 is 0.966 bits per heavy atom. The number of pyridine rings is 1. The molecule has 0 N–H and O–H groups in total. The van der Waals surface area contributed by atoms with Gasteiger partial charge in [-0.25, -0.2) is 15.0 Å². The Morgan fingerprint density at radius 3 is 1.64 bits per heavy atom. The topological polar surface area (TPSA) is 54.8 Å². The summed E-state index contributed by atoms with van der Waals surface area (Å²) in [5.74, 6) is 2.19. The van der Waals surface area contributed by atoms with Crippen LogP contribution in [0.15, 0.2) is 212 Å². The number of hydrogen-bond donors (Lipinski definition) is 0. The molecule has 0 fully saturated rings. The molecular weight excluding hydrogens is 719 g/mol. The van der Waals surface area contributed by atoms with Crippen LogP contribution in [0.5, 0.6) is 0 Å². The molecule has 59 heavy (non-hydrogen) atoms. The lowest BCUT2D eigenvalue weighted by atomic mass is 9.83. The minimum atomic E-state index is 0.293. The maximum atomic E-state index is 5.03. The van der Waals surface area contributed by atoms with Gasteiger partial charge in [0.25, 0.3) is 0 Å². The number of anilines is 2. The van der Waals surface area contributed by atoms with Crippen LogP contribution in [-0.2, 0) is 0 Å². The number of para-hydroxylation sites is 2. The zero-order chi connectivity index (χ0) is 39.1. The summed E-state index contributed by atoms with van der Waals surface area (Å²) in [7, 11) is 0. The third-order valence-electron chi connectivity index (χ3n) is 11.6. The van der Waals surface area contributed by atoms with E-state index in [-0.39, 0.29) is 0 Å². The second-order valence-electron chi connectivity index (χ2n) is 15.0. The number of nitrogens with zero attached hydrogens (tertiary/aromatic N) is 5. The lowest BCUT2D eigenvalue weighted by molar-refractivity contribution is 0.833. The predicted octanol–water partition coefficient (Wildman–Crippen LogP) is 13.4. The van der Waals surface area contributed by atoms with Crippen LogP contribution in [-0.4, -0.2) is 19.9 Å². The Balaban J connectivity index is 0.934. The molecule has 1 aliphatic heterocycles. The first kappa shape index (κ1) is 34.5. The van der Waals surface area contributed by atoms with Crippen molar-refractivity contribution in [2.24, 2.45) is 0 Å². The molecule has 278 valence electrons. The smallest absolute Gasteiger partial charge is 0.164 e. The molecule has 1 atom stereocenters. The van der Waals surface area contributed by atoms with Gasteiger partial charge in [-0.1, -0.05) is 164 Å². The van der Waals surface area contributed by atoms with E-state index in [2.05, 4.69) is 168 Å². The van der Waals surface area contributed by atoms with Gasteiger partial charge in [-0.2, -0.15) is 0 Å². The Labute approximate surface area is 343 Å². The van der Waals surface area contributed by atoms with Crippen molar-refractivity contribution in [1.29, 1.82) is 0 Å². The highest BCUT2D eigenvalue weighted by atomic mass is 15.2. The first-order valence-electron chi connectivity index (χ1n) is 20.1. The van der Waals surface area contributed by atoms with Gasteiger partial charge in [-0.3, -0.25) is 4.98 Å². The minimum Gasteiger partial charge on any atom is -0.313 e. The summed E-state index contributed by atoms with van der Waals surface area (Å²) in [6, 6.07) is 64.1. The van der Waals surface area contributed by atoms with Crippen molar-refractivity contribution in [3.63, 3.8) is 0 Å². The second-order valence-corrected chi connectivity index (χ2v) is 15.0. The fraction of sp³-hybridized carbons (Fsp3) is 0.0370. The molecule has 11 rings (SSSR count). The van der Waals surface area contributed by atoms with Crippen molar-refractivity contribution < 1.29 is 0 Å². The molecule has 9 aromatic rings. The first-order chi connectivity index (χ1) is 29.2. The van der Waals surface area contributed by atoms with Crippen LogP contribution >= 0.6 is 0 Å². The number of fused-ring (bicyclic) bond motifs is 4. The summed E-state index contributed by atoms with van der Waals surface area (Å²) in [5, 5.41) is 2.49. The van der Waals surface area contributed by atoms with E-state index in [9.17, 15) is 0 Å². The largest absolute Gasteiger partial charge is 0.313 e. The molecule has 0 amide bonds. The molecule has 0 bridgehead atoms. The number of rotatable bonds is 7. The van der Waals surface area contributed by atoms with E-state index in [1.807, 2.05) is 42.6 Å². The molecule has 2 aliphatic rings. The molecule has 5 heteroatoms. The summed E-state index contributed by atoms with van der Waals surface area (Å²) >= 11 is 0. The zero-order valence-corrected chi connectivity index (χ0v) is 32.2. The van der Waals surface area contributed by atoms with E-state index in [0.717, 1.165) is 39.8 Å². The van der Waals surface area contributed by atoms with Crippen LogP contribution in [0.4, 0.5) is 11.4 Å². The Hall–Kier alpha value is -7.76. The molecule has 1 aliphatic carbocycles. The van der Waals surface area contributed by atoms with Gasteiger partial charge in [-0.05, 0) is 86.5 Å². The van der Waals surface area contributed by atoms with Gasteiger partial charge in [0.1, 0.15) is 0 Å². The van der Waals surface area contributed by atoms with Gasteiger partial charge in [0.15, 0.2) is 17.5 Å². The number of benzene rings is 7. The van der Waals surface area contributed by atoms with Gasteiger partial charge >= 0.3 is 0 Å². The summed E-state index contributed by atoms with van der Waals surface area (Å²) in [6.07, 6.45) is 9.28. The molecule has 1 unspecified atom stereocenters. The highest BCUT2D eigenvalue weighted by Gasteiger charge is 2.36. The Morgan fingerprint density at radius 1 is 0.424 bits per heavy atom. The summed E-state index contributed by atoms with van der Waals surface area (Å²) < 4.78 is 0. The lowest BCUT2D eigenvalue weighted by Gasteiger charge is -2.27. The molecule has 0 saturated carbocycles. The number of aromatic nitrogens is 4. The normalized spacial score (nSPS) is 14.4. The standard InChI is InChI=1S/C54H37N5/c1-3-12-38(13-4-1)52-56-53(39-25-21-36(22-26-39)42-14-11-33-55-35-42)58-54(57-52)40-27-23-37(24-28-40)44-30-31-45(47-18-8-7-17-46(44)47)41-29-32-51-49(34-41)48-19-9-10-20-50(48)59(51)43-15-5-2-6-16-43/h1-33,35,49H,34H2. The fourth-order valence-electron chi connectivity index (χ4n) is 8.71. The van der Waals surface area contributed by atoms with Crippen LogP contribution in [0.1, 0.15) is 23.5 Å². The van der Waals surface area contributed by atoms with Crippen LogP contribution < -0.4 is 4.90 Å². The van der Waals surface area contributed by atoms with E-state index < -0.39 is 0 Å². The quantitative estimate of drug-likeness (QED) is 0.162. The highest BCUT2D eigenvalue weighted by molar-refractivity contribution is 6.03. The van der Waals surface area contributed by atoms with E-state index in [4.69, 9.17) is 15.0 Å². The predicted molar refractivity (Wildman–Crippen MR) is 241 cm³/mol. The Bertz CT molecular complexity index is 3050. The lowest BCUT2D eigenvalue weighted by Crippen LogP contribution is -2.15. The average Bonchev–Trinajstić information content (AvgIpc) is 3.66. The second kappa shape index (κ2) is 14.6. The minimum absolute atomic E-state index is 0.293. The SMILES string of the molecule is C1=C(c2ccc(-c3ccc(-c4nc(-c5ccccc5)nc(-c5ccc(-c6cccnc6)cc5)n4)cc3)c3ccccc23)CC2C(=C1)N(c1ccccc1)c1ccccc12. The molecule has 0 saturated heterocycles. The van der Waals surface area contributed by atoms with Gasteiger partial charge in [0, 0.05) is 52.1 Å². The maximum absolute atomic E-state index is 5.03.